The van der Waals surface area contributed by atoms with Crippen LogP contribution in [-0.2, 0) is 0 Å². The summed E-state index contributed by atoms with van der Waals surface area (Å²) in [6, 6.07) is 2.74. The summed E-state index contributed by atoms with van der Waals surface area (Å²) < 4.78 is 12.7. The quantitative estimate of drug-likeness (QED) is 0.266. The number of halogens is 1. The molecule has 0 bridgehead atoms. The minimum Gasteiger partial charge on any atom is -0.496 e. The summed E-state index contributed by atoms with van der Waals surface area (Å²) in [5.74, 6) is 0.0830. The number of hydrogen-bond acceptors (Lipinski definition) is 8. The number of ether oxygens (including phenoxy) is 2. The molecule has 0 unspecified atom stereocenters. The van der Waals surface area contributed by atoms with Gasteiger partial charge in [0.1, 0.15) is 15.8 Å². The lowest BCUT2D eigenvalue weighted by atomic mass is 10.1. The summed E-state index contributed by atoms with van der Waals surface area (Å²) in [4.78, 5) is 15.8. The molecule has 0 saturated heterocycles. The van der Waals surface area contributed by atoms with Gasteiger partial charge < -0.3 is 20.9 Å². The number of guanidine groups is 1. The SMILES string of the molecule is COc1cc([N+](=O)[O-])c(OC)cc1-c1nc2sc(Cl)cn2c1/C=N/N=C(N)N. The monoisotopic (exact) mass is 423 g/mol. The highest BCUT2D eigenvalue weighted by Crippen LogP contribution is 2.41. The van der Waals surface area contributed by atoms with Gasteiger partial charge in [0.15, 0.2) is 10.7 Å². The van der Waals surface area contributed by atoms with E-state index < -0.39 is 4.92 Å². The second-order valence-corrected chi connectivity index (χ2v) is 6.92. The fraction of sp³-hybridized carbons (Fsp3) is 0.133. The van der Waals surface area contributed by atoms with Crippen LogP contribution in [0.2, 0.25) is 4.34 Å². The summed E-state index contributed by atoms with van der Waals surface area (Å²) in [5.41, 5.74) is 11.8. The Labute approximate surface area is 167 Å². The third kappa shape index (κ3) is 3.54. The predicted octanol–water partition coefficient (Wildman–Crippen LogP) is 2.25. The highest BCUT2D eigenvalue weighted by molar-refractivity contribution is 7.20. The molecule has 0 radical (unpaired) electrons. The zero-order valence-electron chi connectivity index (χ0n) is 14.6. The third-order valence-electron chi connectivity index (χ3n) is 3.64. The van der Waals surface area contributed by atoms with E-state index in [4.69, 9.17) is 32.5 Å². The maximum Gasteiger partial charge on any atom is 0.314 e. The second kappa shape index (κ2) is 7.70. The molecule has 2 heterocycles. The first-order chi connectivity index (χ1) is 13.3. The Kier molecular flexibility index (Phi) is 5.33. The van der Waals surface area contributed by atoms with E-state index >= 15 is 0 Å². The fourth-order valence-electron chi connectivity index (χ4n) is 2.52. The van der Waals surface area contributed by atoms with Crippen LogP contribution >= 0.6 is 22.9 Å². The molecule has 0 fully saturated rings. The van der Waals surface area contributed by atoms with E-state index in [1.807, 2.05) is 0 Å². The van der Waals surface area contributed by atoms with Crippen LogP contribution in [0.5, 0.6) is 11.5 Å². The van der Waals surface area contributed by atoms with Gasteiger partial charge in [-0.1, -0.05) is 22.9 Å². The summed E-state index contributed by atoms with van der Waals surface area (Å²) in [6.45, 7) is 0. The number of nitrogens with two attached hydrogens (primary N) is 2. The Hall–Kier alpha value is -3.38. The van der Waals surface area contributed by atoms with E-state index in [2.05, 4.69) is 15.2 Å². The largest absolute Gasteiger partial charge is 0.496 e. The lowest BCUT2D eigenvalue weighted by Crippen LogP contribution is -2.21. The average molecular weight is 424 g/mol. The molecule has 1 aromatic carbocycles. The predicted molar refractivity (Wildman–Crippen MR) is 107 cm³/mol. The molecule has 0 atom stereocenters. The molecule has 4 N–H and O–H groups in total. The van der Waals surface area contributed by atoms with Crippen molar-refractivity contribution < 1.29 is 14.4 Å². The molecular weight excluding hydrogens is 410 g/mol. The number of nitro groups is 1. The van der Waals surface area contributed by atoms with Gasteiger partial charge in [-0.05, 0) is 0 Å². The van der Waals surface area contributed by atoms with Gasteiger partial charge in [-0.2, -0.15) is 5.10 Å². The van der Waals surface area contributed by atoms with Gasteiger partial charge in [-0.3, -0.25) is 14.5 Å². The molecule has 28 heavy (non-hydrogen) atoms. The smallest absolute Gasteiger partial charge is 0.314 e. The van der Waals surface area contributed by atoms with Crippen LogP contribution in [0, 0.1) is 10.1 Å². The van der Waals surface area contributed by atoms with Crippen molar-refractivity contribution in [2.24, 2.45) is 21.7 Å². The Bertz CT molecular complexity index is 1120. The molecule has 0 amide bonds. The van der Waals surface area contributed by atoms with E-state index in [0.29, 0.717) is 26.2 Å². The number of aromatic nitrogens is 2. The van der Waals surface area contributed by atoms with Gasteiger partial charge in [0, 0.05) is 17.8 Å². The Morgan fingerprint density at radius 2 is 2.07 bits per heavy atom. The van der Waals surface area contributed by atoms with Crippen LogP contribution in [-0.4, -0.2) is 40.7 Å². The molecule has 11 nitrogen and oxygen atoms in total. The van der Waals surface area contributed by atoms with Gasteiger partial charge in [0.2, 0.25) is 5.96 Å². The minimum atomic E-state index is -0.558. The number of thiazole rings is 1. The lowest BCUT2D eigenvalue weighted by Gasteiger charge is -2.10. The molecule has 0 saturated carbocycles. The highest BCUT2D eigenvalue weighted by Gasteiger charge is 2.24. The van der Waals surface area contributed by atoms with E-state index in [-0.39, 0.29) is 23.1 Å². The number of methoxy groups -OCH3 is 2. The number of benzene rings is 1. The molecule has 0 aliphatic rings. The molecular formula is C15H14ClN7O4S. The molecule has 2 aromatic heterocycles. The molecule has 3 aromatic rings. The Balaban J connectivity index is 2.28. The van der Waals surface area contributed by atoms with E-state index in [1.54, 1.807) is 10.6 Å². The molecule has 0 aliphatic heterocycles. The molecule has 3 rings (SSSR count). The molecule has 146 valence electrons. The number of rotatable bonds is 6. The van der Waals surface area contributed by atoms with Crippen molar-refractivity contribution in [2.45, 2.75) is 0 Å². The fourth-order valence-corrected chi connectivity index (χ4v) is 3.54. The summed E-state index contributed by atoms with van der Waals surface area (Å²) >= 11 is 7.31. The van der Waals surface area contributed by atoms with E-state index in [1.165, 1.54) is 43.9 Å². The van der Waals surface area contributed by atoms with E-state index in [9.17, 15) is 10.1 Å². The van der Waals surface area contributed by atoms with Crippen molar-refractivity contribution in [1.82, 2.24) is 9.38 Å². The van der Waals surface area contributed by atoms with Crippen molar-refractivity contribution in [2.75, 3.05) is 14.2 Å². The van der Waals surface area contributed by atoms with Crippen LogP contribution in [0.3, 0.4) is 0 Å². The first kappa shape index (κ1) is 19.4. The van der Waals surface area contributed by atoms with Gasteiger partial charge in [0.05, 0.1) is 37.1 Å². The zero-order valence-corrected chi connectivity index (χ0v) is 16.2. The van der Waals surface area contributed by atoms with Crippen LogP contribution in [0.25, 0.3) is 16.2 Å². The van der Waals surface area contributed by atoms with Crippen molar-refractivity contribution in [3.63, 3.8) is 0 Å². The molecule has 13 heteroatoms. The van der Waals surface area contributed by atoms with Crippen molar-refractivity contribution in [3.8, 4) is 22.8 Å². The van der Waals surface area contributed by atoms with Crippen LogP contribution in [0.15, 0.2) is 28.5 Å². The van der Waals surface area contributed by atoms with Crippen molar-refractivity contribution in [1.29, 1.82) is 0 Å². The molecule has 0 aliphatic carbocycles. The minimum absolute atomic E-state index is 0.0577. The summed E-state index contributed by atoms with van der Waals surface area (Å²) in [6.07, 6.45) is 3.05. The normalized spacial score (nSPS) is 11.1. The van der Waals surface area contributed by atoms with Crippen LogP contribution < -0.4 is 20.9 Å². The topological polar surface area (TPSA) is 156 Å². The average Bonchev–Trinajstić information content (AvgIpc) is 3.16. The number of nitrogens with zero attached hydrogens (tertiary/aromatic N) is 5. The zero-order chi connectivity index (χ0) is 20.4. The van der Waals surface area contributed by atoms with Crippen molar-refractivity contribution in [3.05, 3.63) is 38.5 Å². The Morgan fingerprint density at radius 1 is 1.36 bits per heavy atom. The van der Waals surface area contributed by atoms with Gasteiger partial charge in [-0.15, -0.1) is 5.10 Å². The van der Waals surface area contributed by atoms with Gasteiger partial charge in [0.25, 0.3) is 0 Å². The first-order valence-electron chi connectivity index (χ1n) is 7.55. The number of fused-ring (bicyclic) bond motifs is 1. The maximum atomic E-state index is 11.3. The second-order valence-electron chi connectivity index (χ2n) is 5.28. The lowest BCUT2D eigenvalue weighted by molar-refractivity contribution is -0.385. The number of nitro benzene ring substituents is 1. The molecule has 0 spiro atoms. The highest BCUT2D eigenvalue weighted by atomic mass is 35.5. The van der Waals surface area contributed by atoms with Crippen LogP contribution in [0.4, 0.5) is 5.69 Å². The van der Waals surface area contributed by atoms with Gasteiger partial charge >= 0.3 is 5.69 Å². The van der Waals surface area contributed by atoms with Gasteiger partial charge in [-0.25, -0.2) is 4.98 Å². The summed E-state index contributed by atoms with van der Waals surface area (Å²) in [7, 11) is 2.74. The third-order valence-corrected chi connectivity index (χ3v) is 4.74. The summed E-state index contributed by atoms with van der Waals surface area (Å²) in [5, 5.41) is 18.7. The van der Waals surface area contributed by atoms with Crippen LogP contribution in [0.1, 0.15) is 5.69 Å². The van der Waals surface area contributed by atoms with Crippen molar-refractivity contribution >= 4 is 45.8 Å². The number of imidazole rings is 1. The van der Waals surface area contributed by atoms with E-state index in [0.717, 1.165) is 0 Å². The Morgan fingerprint density at radius 3 is 2.68 bits per heavy atom. The standard InChI is InChI=1S/C15H14ClN7O4S/c1-26-10-4-8(23(24)25)11(27-2)3-7(10)13-9(5-19-21-14(17)18)22-6-12(16)28-15(22)20-13/h3-6H,1-2H3,(H4,17,18,21)/b19-5+. The number of hydrogen-bond donors (Lipinski definition) is 2. The maximum absolute atomic E-state index is 11.3. The first-order valence-corrected chi connectivity index (χ1v) is 8.75.